The van der Waals surface area contributed by atoms with E-state index in [-0.39, 0.29) is 17.5 Å². The molecule has 0 aliphatic carbocycles. The quantitative estimate of drug-likeness (QED) is 0.443. The lowest BCUT2D eigenvalue weighted by molar-refractivity contribution is -0.128. The molecule has 3 heterocycles. The molecule has 1 fully saturated rings. The van der Waals surface area contributed by atoms with Crippen LogP contribution in [0.5, 0.6) is 0 Å². The Morgan fingerprint density at radius 1 is 0.973 bits per heavy atom. The number of carbonyl (C=O) groups is 3. The van der Waals surface area contributed by atoms with Gasteiger partial charge in [0, 0.05) is 27.4 Å². The predicted molar refractivity (Wildman–Crippen MR) is 146 cm³/mol. The van der Waals surface area contributed by atoms with Gasteiger partial charge >= 0.3 is 0 Å². The Balaban J connectivity index is 1.69. The fourth-order valence-corrected chi connectivity index (χ4v) is 6.56. The molecular formula is C31H27ClN2O3. The van der Waals surface area contributed by atoms with Crippen LogP contribution in [-0.4, -0.2) is 29.6 Å². The summed E-state index contributed by atoms with van der Waals surface area (Å²) in [5, 5.41) is 3.63. The molecule has 3 aromatic rings. The topological polar surface area (TPSA) is 66.5 Å². The Hall–Kier alpha value is -3.70. The van der Waals surface area contributed by atoms with E-state index in [9.17, 15) is 14.4 Å². The molecular weight excluding hydrogens is 484 g/mol. The second-order valence-electron chi connectivity index (χ2n) is 11.1. The first kappa shape index (κ1) is 23.7. The normalized spacial score (nSPS) is 25.5. The molecule has 0 aromatic heterocycles. The van der Waals surface area contributed by atoms with Crippen LogP contribution < -0.4 is 10.2 Å². The zero-order chi connectivity index (χ0) is 26.1. The molecule has 1 amide bonds. The number of ketones is 2. The van der Waals surface area contributed by atoms with Crippen LogP contribution in [0.15, 0.2) is 78.9 Å². The number of amides is 1. The van der Waals surface area contributed by atoms with E-state index in [1.807, 2.05) is 92.4 Å². The summed E-state index contributed by atoms with van der Waals surface area (Å²) in [5.74, 6) is -1.50. The smallest absolute Gasteiger partial charge is 0.238 e. The Morgan fingerprint density at radius 2 is 1.68 bits per heavy atom. The average molecular weight is 511 g/mol. The third-order valence-corrected chi connectivity index (χ3v) is 8.18. The standard InChI is InChI=1S/C31H27ClN2O3/c1-30(2,3)28(36)26-25(27(35)18-9-5-4-6-10-18)31(21-11-7-8-12-22(21)33-29(31)37)24-16-13-19-17-20(32)14-15-23(19)34(24)26/h4-17,24-26H,1-3H3,(H,33,37)/t24-,25+,26-,31-/m0/s1. The van der Waals surface area contributed by atoms with Crippen LogP contribution in [0, 0.1) is 11.3 Å². The van der Waals surface area contributed by atoms with E-state index >= 15 is 0 Å². The monoisotopic (exact) mass is 510 g/mol. The molecule has 0 saturated carbocycles. The lowest BCUT2D eigenvalue weighted by atomic mass is 9.63. The van der Waals surface area contributed by atoms with Crippen molar-refractivity contribution in [2.75, 3.05) is 10.2 Å². The van der Waals surface area contributed by atoms with Crippen LogP contribution in [0.2, 0.25) is 5.02 Å². The molecule has 0 unspecified atom stereocenters. The van der Waals surface area contributed by atoms with E-state index in [2.05, 4.69) is 5.32 Å². The molecule has 1 spiro atoms. The van der Waals surface area contributed by atoms with Gasteiger partial charge in [0.05, 0.1) is 12.0 Å². The van der Waals surface area contributed by atoms with Gasteiger partial charge in [-0.1, -0.05) is 93.1 Å². The second-order valence-corrected chi connectivity index (χ2v) is 11.5. The van der Waals surface area contributed by atoms with Crippen LogP contribution in [0.25, 0.3) is 6.08 Å². The molecule has 1 N–H and O–H groups in total. The highest BCUT2D eigenvalue weighted by Gasteiger charge is 2.70. The van der Waals surface area contributed by atoms with Crippen molar-refractivity contribution in [1.29, 1.82) is 0 Å². The minimum absolute atomic E-state index is 0.0861. The third-order valence-electron chi connectivity index (χ3n) is 7.94. The summed E-state index contributed by atoms with van der Waals surface area (Å²) in [4.78, 5) is 45.0. The fraction of sp³-hybridized carbons (Fsp3) is 0.258. The van der Waals surface area contributed by atoms with Crippen LogP contribution in [-0.2, 0) is 15.0 Å². The van der Waals surface area contributed by atoms with Crippen LogP contribution in [0.4, 0.5) is 11.4 Å². The number of hydrogen-bond acceptors (Lipinski definition) is 4. The van der Waals surface area contributed by atoms with E-state index in [0.717, 1.165) is 16.8 Å². The molecule has 5 nitrogen and oxygen atoms in total. The van der Waals surface area contributed by atoms with Crippen molar-refractivity contribution in [3.8, 4) is 0 Å². The zero-order valence-corrected chi connectivity index (χ0v) is 21.6. The number of nitrogens with one attached hydrogen (secondary N) is 1. The molecule has 0 radical (unpaired) electrons. The highest BCUT2D eigenvalue weighted by Crippen LogP contribution is 2.58. The second kappa shape index (κ2) is 8.15. The average Bonchev–Trinajstić information content (AvgIpc) is 3.35. The first-order chi connectivity index (χ1) is 17.7. The van der Waals surface area contributed by atoms with Crippen molar-refractivity contribution in [3.63, 3.8) is 0 Å². The summed E-state index contributed by atoms with van der Waals surface area (Å²) in [6.07, 6.45) is 3.91. The maximum absolute atomic E-state index is 14.5. The molecule has 6 heteroatoms. The Morgan fingerprint density at radius 3 is 2.41 bits per heavy atom. The van der Waals surface area contributed by atoms with Gasteiger partial charge in [-0.05, 0) is 35.4 Å². The Kier molecular flexibility index (Phi) is 5.22. The minimum Gasteiger partial charge on any atom is -0.352 e. The molecule has 3 aliphatic heterocycles. The van der Waals surface area contributed by atoms with Gasteiger partial charge in [-0.3, -0.25) is 14.4 Å². The lowest BCUT2D eigenvalue weighted by Gasteiger charge is -2.38. The maximum atomic E-state index is 14.5. The number of carbonyl (C=O) groups excluding carboxylic acids is 3. The highest BCUT2D eigenvalue weighted by atomic mass is 35.5. The summed E-state index contributed by atoms with van der Waals surface area (Å²) in [6, 6.07) is 20.6. The molecule has 3 aromatic carbocycles. The summed E-state index contributed by atoms with van der Waals surface area (Å²) in [5.41, 5.74) is 1.51. The predicted octanol–water partition coefficient (Wildman–Crippen LogP) is 5.93. The van der Waals surface area contributed by atoms with Gasteiger partial charge < -0.3 is 10.2 Å². The van der Waals surface area contributed by atoms with Crippen molar-refractivity contribution in [3.05, 3.63) is 101 Å². The van der Waals surface area contributed by atoms with E-state index in [1.165, 1.54) is 0 Å². The Labute approximate surface area is 221 Å². The maximum Gasteiger partial charge on any atom is 0.238 e. The molecule has 1 saturated heterocycles. The Bertz CT molecular complexity index is 1490. The van der Waals surface area contributed by atoms with Gasteiger partial charge in [0.15, 0.2) is 11.6 Å². The number of nitrogens with zero attached hydrogens (tertiary/aromatic N) is 1. The van der Waals surface area contributed by atoms with Crippen LogP contribution in [0.3, 0.4) is 0 Å². The number of Topliss-reactive ketones (excluding diaryl/α,β-unsaturated/α-hetero) is 2. The summed E-state index contributed by atoms with van der Waals surface area (Å²) in [6.45, 7) is 5.60. The molecule has 186 valence electrons. The van der Waals surface area contributed by atoms with E-state index in [4.69, 9.17) is 11.6 Å². The first-order valence-electron chi connectivity index (χ1n) is 12.5. The molecule has 4 atom stereocenters. The van der Waals surface area contributed by atoms with Gasteiger partial charge in [0.2, 0.25) is 5.91 Å². The molecule has 6 rings (SSSR count). The molecule has 0 bridgehead atoms. The van der Waals surface area contributed by atoms with Gasteiger partial charge in [0.1, 0.15) is 11.5 Å². The number of anilines is 2. The van der Waals surface area contributed by atoms with Crippen molar-refractivity contribution in [2.24, 2.45) is 11.3 Å². The van der Waals surface area contributed by atoms with Gasteiger partial charge in [-0.15, -0.1) is 0 Å². The minimum atomic E-state index is -1.29. The number of para-hydroxylation sites is 1. The third kappa shape index (κ3) is 3.27. The van der Waals surface area contributed by atoms with Crippen LogP contribution >= 0.6 is 11.6 Å². The summed E-state index contributed by atoms with van der Waals surface area (Å²) >= 11 is 6.32. The van der Waals surface area contributed by atoms with Crippen molar-refractivity contribution >= 4 is 46.5 Å². The van der Waals surface area contributed by atoms with Crippen LogP contribution in [0.1, 0.15) is 42.3 Å². The molecule has 37 heavy (non-hydrogen) atoms. The summed E-state index contributed by atoms with van der Waals surface area (Å²) in [7, 11) is 0. The van der Waals surface area contributed by atoms with E-state index in [0.29, 0.717) is 16.3 Å². The van der Waals surface area contributed by atoms with E-state index in [1.54, 1.807) is 18.2 Å². The number of fused-ring (bicyclic) bond motifs is 6. The summed E-state index contributed by atoms with van der Waals surface area (Å²) < 4.78 is 0. The largest absolute Gasteiger partial charge is 0.352 e. The number of benzene rings is 3. The van der Waals surface area contributed by atoms with Crippen molar-refractivity contribution < 1.29 is 14.4 Å². The number of hydrogen-bond donors (Lipinski definition) is 1. The molecule has 3 aliphatic rings. The van der Waals surface area contributed by atoms with Gasteiger partial charge in [0.25, 0.3) is 0 Å². The number of halogens is 1. The highest BCUT2D eigenvalue weighted by molar-refractivity contribution is 6.31. The number of rotatable bonds is 3. The lowest BCUT2D eigenvalue weighted by Crippen LogP contribution is -2.51. The first-order valence-corrected chi connectivity index (χ1v) is 12.8. The zero-order valence-electron chi connectivity index (χ0n) is 20.9. The fourth-order valence-electron chi connectivity index (χ4n) is 6.38. The van der Waals surface area contributed by atoms with Crippen molar-refractivity contribution in [1.82, 2.24) is 0 Å². The SMILES string of the molecule is CC(C)(C)C(=O)[C@@H]1[C@H](C(=O)c2ccccc2)[C@@]2(C(=O)Nc3ccccc32)[C@@H]2C=Cc3cc(Cl)ccc3N12. The van der Waals surface area contributed by atoms with Crippen molar-refractivity contribution in [2.45, 2.75) is 38.3 Å². The van der Waals surface area contributed by atoms with Gasteiger partial charge in [-0.25, -0.2) is 0 Å². The van der Waals surface area contributed by atoms with E-state index < -0.39 is 28.8 Å². The van der Waals surface area contributed by atoms with Gasteiger partial charge in [-0.2, -0.15) is 0 Å².